The number of rotatable bonds is 0. The fourth-order valence-electron chi connectivity index (χ4n) is 1.58. The molecule has 2 aromatic heterocycles. The van der Waals surface area contributed by atoms with E-state index >= 15 is 0 Å². The first-order valence-electron chi connectivity index (χ1n) is 4.48. The second kappa shape index (κ2) is 3.02. The zero-order valence-electron chi connectivity index (χ0n) is 7.97. The van der Waals surface area contributed by atoms with Crippen LogP contribution in [0.2, 0.25) is 0 Å². The molecule has 0 atom stereocenters. The number of benzene rings is 1. The van der Waals surface area contributed by atoms with Crippen molar-refractivity contribution in [3.63, 3.8) is 0 Å². The van der Waals surface area contributed by atoms with Gasteiger partial charge in [0.05, 0.1) is 0 Å². The monoisotopic (exact) mass is 265 g/mol. The zero-order chi connectivity index (χ0) is 10.4. The fraction of sp³-hybridized carbons (Fsp3) is 0.100. The van der Waals surface area contributed by atoms with Crippen LogP contribution in [-0.2, 0) is 7.05 Å². The molecular weight excluding hydrogens is 257 g/mol. The first kappa shape index (κ1) is 8.83. The number of hydrogen-bond acceptors (Lipinski definition) is 3. The molecule has 0 fully saturated rings. The number of hydrogen-bond donors (Lipinski definition) is 0. The van der Waals surface area contributed by atoms with Gasteiger partial charge in [0.2, 0.25) is 0 Å². The van der Waals surface area contributed by atoms with Gasteiger partial charge in [-0.15, -0.1) is 0 Å². The van der Waals surface area contributed by atoms with Crippen molar-refractivity contribution in [2.75, 3.05) is 0 Å². The van der Waals surface area contributed by atoms with Gasteiger partial charge in [0.1, 0.15) is 0 Å². The quantitative estimate of drug-likeness (QED) is 0.557. The summed E-state index contributed by atoms with van der Waals surface area (Å²) in [7, 11) is 1.63. The fourth-order valence-corrected chi connectivity index (χ4v) is 3.90. The van der Waals surface area contributed by atoms with Gasteiger partial charge in [-0.05, 0) is 0 Å². The van der Waals surface area contributed by atoms with Gasteiger partial charge in [-0.25, -0.2) is 0 Å². The average Bonchev–Trinajstić information content (AvgIpc) is 2.63. The van der Waals surface area contributed by atoms with Crippen molar-refractivity contribution in [3.05, 3.63) is 34.6 Å². The molecule has 0 unspecified atom stereocenters. The van der Waals surface area contributed by atoms with Crippen molar-refractivity contribution >= 4 is 33.9 Å². The predicted molar refractivity (Wildman–Crippen MR) is 59.2 cm³/mol. The molecular formula is C10H7N3OSe. The van der Waals surface area contributed by atoms with Crippen molar-refractivity contribution in [3.8, 4) is 0 Å². The molecule has 5 heteroatoms. The van der Waals surface area contributed by atoms with Gasteiger partial charge in [0.15, 0.2) is 0 Å². The molecule has 0 radical (unpaired) electrons. The Morgan fingerprint density at radius 3 is 3.00 bits per heavy atom. The number of aryl methyl sites for hydroxylation is 1. The van der Waals surface area contributed by atoms with E-state index in [0.29, 0.717) is 0 Å². The molecule has 0 bridgehead atoms. The zero-order valence-corrected chi connectivity index (χ0v) is 9.68. The SMILES string of the molecule is Cn1nnc2c([se]c3ccccc32)c1=O. The van der Waals surface area contributed by atoms with E-state index in [0.717, 1.165) is 15.2 Å². The Bertz CT molecular complexity index is 713. The van der Waals surface area contributed by atoms with Crippen LogP contribution in [0.3, 0.4) is 0 Å². The molecule has 0 amide bonds. The summed E-state index contributed by atoms with van der Waals surface area (Å²) in [5.41, 5.74) is 0.755. The molecule has 0 N–H and O–H groups in total. The van der Waals surface area contributed by atoms with Crippen molar-refractivity contribution < 1.29 is 0 Å². The van der Waals surface area contributed by atoms with E-state index in [2.05, 4.69) is 16.4 Å². The molecule has 0 saturated heterocycles. The summed E-state index contributed by atoms with van der Waals surface area (Å²) >= 11 is 0.0801. The standard InChI is InChI=1S/C10H7N3OSe/c1-13-10(14)9-8(11-12-13)6-4-2-3-5-7(6)15-9/h2-5H,1H3. The van der Waals surface area contributed by atoms with E-state index in [9.17, 15) is 4.79 Å². The van der Waals surface area contributed by atoms with Crippen LogP contribution in [0.5, 0.6) is 0 Å². The van der Waals surface area contributed by atoms with Gasteiger partial charge in [-0.2, -0.15) is 0 Å². The normalized spacial score (nSPS) is 11.3. The second-order valence-electron chi connectivity index (χ2n) is 3.29. The molecule has 3 rings (SSSR count). The van der Waals surface area contributed by atoms with Crippen molar-refractivity contribution in [2.24, 2.45) is 7.05 Å². The molecule has 4 nitrogen and oxygen atoms in total. The van der Waals surface area contributed by atoms with Gasteiger partial charge in [-0.3, -0.25) is 0 Å². The molecule has 2 heterocycles. The Kier molecular flexibility index (Phi) is 1.78. The van der Waals surface area contributed by atoms with Gasteiger partial charge in [0.25, 0.3) is 0 Å². The third-order valence-electron chi connectivity index (χ3n) is 2.34. The summed E-state index contributed by atoms with van der Waals surface area (Å²) in [6.07, 6.45) is 0. The molecule has 15 heavy (non-hydrogen) atoms. The van der Waals surface area contributed by atoms with E-state index in [4.69, 9.17) is 0 Å². The molecule has 0 aliphatic carbocycles. The van der Waals surface area contributed by atoms with Gasteiger partial charge in [0, 0.05) is 0 Å². The summed E-state index contributed by atoms with van der Waals surface area (Å²) in [6, 6.07) is 8.00. The first-order valence-corrected chi connectivity index (χ1v) is 6.20. The molecule has 0 spiro atoms. The summed E-state index contributed by atoms with van der Waals surface area (Å²) in [5.74, 6) is 0. The molecule has 1 aromatic carbocycles. The summed E-state index contributed by atoms with van der Waals surface area (Å²) in [4.78, 5) is 11.8. The van der Waals surface area contributed by atoms with Crippen LogP contribution < -0.4 is 5.56 Å². The van der Waals surface area contributed by atoms with E-state index in [-0.39, 0.29) is 20.1 Å². The van der Waals surface area contributed by atoms with E-state index in [1.54, 1.807) is 7.05 Å². The number of fused-ring (bicyclic) bond motifs is 3. The van der Waals surface area contributed by atoms with Crippen LogP contribution in [0, 0.1) is 0 Å². The Labute approximate surface area is 90.9 Å². The van der Waals surface area contributed by atoms with Gasteiger partial charge >= 0.3 is 90.6 Å². The van der Waals surface area contributed by atoms with E-state index < -0.39 is 0 Å². The average molecular weight is 264 g/mol. The third-order valence-corrected chi connectivity index (χ3v) is 4.74. The summed E-state index contributed by atoms with van der Waals surface area (Å²) < 4.78 is 3.34. The predicted octanol–water partition coefficient (Wildman–Crippen LogP) is 0.539. The van der Waals surface area contributed by atoms with Crippen molar-refractivity contribution in [1.29, 1.82) is 0 Å². The van der Waals surface area contributed by atoms with Gasteiger partial charge in [-0.1, -0.05) is 0 Å². The van der Waals surface area contributed by atoms with Crippen LogP contribution in [0.25, 0.3) is 19.4 Å². The van der Waals surface area contributed by atoms with Crippen LogP contribution in [0.15, 0.2) is 29.1 Å². The Morgan fingerprint density at radius 1 is 1.33 bits per heavy atom. The second-order valence-corrected chi connectivity index (χ2v) is 5.50. The van der Waals surface area contributed by atoms with Crippen LogP contribution in [0.4, 0.5) is 0 Å². The third kappa shape index (κ3) is 1.17. The molecule has 0 aliphatic rings. The van der Waals surface area contributed by atoms with Crippen LogP contribution >= 0.6 is 0 Å². The summed E-state index contributed by atoms with van der Waals surface area (Å²) in [5, 5.41) is 8.97. The van der Waals surface area contributed by atoms with Gasteiger partial charge < -0.3 is 0 Å². The van der Waals surface area contributed by atoms with Crippen molar-refractivity contribution in [1.82, 2.24) is 15.0 Å². The van der Waals surface area contributed by atoms with E-state index in [1.165, 1.54) is 8.94 Å². The minimum absolute atomic E-state index is 0.0174. The Balaban J connectivity index is 2.66. The maximum absolute atomic E-state index is 11.8. The molecule has 0 aliphatic heterocycles. The molecule has 3 aromatic rings. The number of aromatic nitrogens is 3. The molecule has 74 valence electrons. The number of nitrogens with zero attached hydrogens (tertiary/aromatic N) is 3. The van der Waals surface area contributed by atoms with Crippen LogP contribution in [0.1, 0.15) is 0 Å². The topological polar surface area (TPSA) is 47.8 Å². The van der Waals surface area contributed by atoms with Crippen LogP contribution in [-0.4, -0.2) is 29.5 Å². The Morgan fingerprint density at radius 2 is 2.13 bits per heavy atom. The first-order chi connectivity index (χ1) is 7.27. The Hall–Kier alpha value is -1.45. The minimum atomic E-state index is -0.0174. The maximum atomic E-state index is 11.8. The van der Waals surface area contributed by atoms with E-state index in [1.807, 2.05) is 18.2 Å². The molecule has 0 saturated carbocycles. The van der Waals surface area contributed by atoms with Crippen molar-refractivity contribution in [2.45, 2.75) is 0 Å². The summed E-state index contributed by atoms with van der Waals surface area (Å²) in [6.45, 7) is 0.